The summed E-state index contributed by atoms with van der Waals surface area (Å²) in [5, 5.41) is 6.22. The lowest BCUT2D eigenvalue weighted by Gasteiger charge is -2.10. The molecule has 0 aliphatic rings. The quantitative estimate of drug-likeness (QED) is 0.422. The van der Waals surface area contributed by atoms with Gasteiger partial charge in [-0.1, -0.05) is 18.2 Å². The van der Waals surface area contributed by atoms with E-state index in [1.54, 1.807) is 32.4 Å². The molecule has 0 radical (unpaired) electrons. The van der Waals surface area contributed by atoms with Crippen molar-refractivity contribution in [3.63, 3.8) is 0 Å². The Balaban J connectivity index is 1.53. The number of hydrogen-bond acceptors (Lipinski definition) is 4. The topological polar surface area (TPSA) is 59.6 Å². The zero-order valence-corrected chi connectivity index (χ0v) is 17.0. The van der Waals surface area contributed by atoms with E-state index in [9.17, 15) is 9.18 Å². The lowest BCUT2D eigenvalue weighted by atomic mass is 10.1. The molecule has 2 aromatic rings. The van der Waals surface area contributed by atoms with E-state index in [0.717, 1.165) is 49.4 Å². The molecule has 2 N–H and O–H groups in total. The minimum Gasteiger partial charge on any atom is -0.493 e. The first-order chi connectivity index (χ1) is 14.1. The number of amides is 1. The molecular weight excluding hydrogens is 371 g/mol. The van der Waals surface area contributed by atoms with Gasteiger partial charge in [-0.2, -0.15) is 0 Å². The van der Waals surface area contributed by atoms with E-state index in [2.05, 4.69) is 16.7 Å². The van der Waals surface area contributed by atoms with Gasteiger partial charge < -0.3 is 20.1 Å². The van der Waals surface area contributed by atoms with Gasteiger partial charge in [0.05, 0.1) is 14.2 Å². The van der Waals surface area contributed by atoms with E-state index in [1.807, 2.05) is 12.1 Å². The third-order valence-corrected chi connectivity index (χ3v) is 4.39. The highest BCUT2D eigenvalue weighted by Crippen LogP contribution is 2.27. The maximum absolute atomic E-state index is 12.8. The first-order valence-corrected chi connectivity index (χ1v) is 9.75. The summed E-state index contributed by atoms with van der Waals surface area (Å²) in [5.74, 6) is 1.05. The van der Waals surface area contributed by atoms with Crippen LogP contribution >= 0.6 is 0 Å². The fourth-order valence-electron chi connectivity index (χ4n) is 2.81. The van der Waals surface area contributed by atoms with Crippen molar-refractivity contribution in [2.75, 3.05) is 33.9 Å². The number of aryl methyl sites for hydroxylation is 1. The zero-order chi connectivity index (χ0) is 20.9. The summed E-state index contributed by atoms with van der Waals surface area (Å²) in [4.78, 5) is 11.8. The van der Waals surface area contributed by atoms with Gasteiger partial charge in [-0.3, -0.25) is 4.79 Å². The van der Waals surface area contributed by atoms with Gasteiger partial charge in [0, 0.05) is 12.6 Å². The summed E-state index contributed by atoms with van der Waals surface area (Å²) < 4.78 is 23.4. The van der Waals surface area contributed by atoms with Crippen LogP contribution in [-0.2, 0) is 11.2 Å². The highest BCUT2D eigenvalue weighted by Gasteiger charge is 2.04. The summed E-state index contributed by atoms with van der Waals surface area (Å²) in [6.07, 6.45) is 5.96. The van der Waals surface area contributed by atoms with Crippen LogP contribution in [-0.4, -0.2) is 39.8 Å². The second kappa shape index (κ2) is 12.6. The molecule has 0 aromatic heterocycles. The first-order valence-electron chi connectivity index (χ1n) is 9.75. The average molecular weight is 400 g/mol. The van der Waals surface area contributed by atoms with E-state index in [4.69, 9.17) is 9.47 Å². The summed E-state index contributed by atoms with van der Waals surface area (Å²) >= 11 is 0. The molecule has 0 aliphatic carbocycles. The van der Waals surface area contributed by atoms with Gasteiger partial charge in [0.25, 0.3) is 0 Å². The maximum atomic E-state index is 12.8. The Morgan fingerprint density at radius 1 is 0.966 bits per heavy atom. The molecule has 0 heterocycles. The Morgan fingerprint density at radius 2 is 1.69 bits per heavy atom. The Hall–Kier alpha value is -2.86. The Kier molecular flexibility index (Phi) is 9.72. The molecule has 6 heteroatoms. The van der Waals surface area contributed by atoms with Crippen LogP contribution in [0.2, 0.25) is 0 Å². The summed E-state index contributed by atoms with van der Waals surface area (Å²) in [5.41, 5.74) is 2.00. The van der Waals surface area contributed by atoms with Crippen LogP contribution in [0.1, 0.15) is 24.0 Å². The third kappa shape index (κ3) is 8.35. The van der Waals surface area contributed by atoms with Crippen molar-refractivity contribution >= 4 is 12.0 Å². The van der Waals surface area contributed by atoms with Gasteiger partial charge in [0.1, 0.15) is 5.82 Å². The van der Waals surface area contributed by atoms with Crippen LogP contribution in [0.5, 0.6) is 11.5 Å². The Bertz CT molecular complexity index is 791. The largest absolute Gasteiger partial charge is 0.493 e. The minimum absolute atomic E-state index is 0.150. The van der Waals surface area contributed by atoms with Crippen LogP contribution in [0.4, 0.5) is 4.39 Å². The van der Waals surface area contributed by atoms with Crippen LogP contribution in [0, 0.1) is 5.82 Å². The predicted octanol–water partition coefficient (Wildman–Crippen LogP) is 3.58. The van der Waals surface area contributed by atoms with Crippen molar-refractivity contribution in [2.45, 2.75) is 19.3 Å². The number of methoxy groups -OCH3 is 2. The van der Waals surface area contributed by atoms with Crippen molar-refractivity contribution < 1.29 is 18.7 Å². The van der Waals surface area contributed by atoms with Crippen LogP contribution < -0.4 is 20.1 Å². The fraction of sp³-hybridized carbons (Fsp3) is 0.348. The predicted molar refractivity (Wildman–Crippen MR) is 114 cm³/mol. The Labute approximate surface area is 171 Å². The average Bonchev–Trinajstić information content (AvgIpc) is 2.75. The molecule has 0 atom stereocenters. The molecule has 2 rings (SSSR count). The fourth-order valence-corrected chi connectivity index (χ4v) is 2.81. The standard InChI is InChI=1S/C23H29FN2O3/c1-28-21-12-8-19(17-22(21)29-2)5-3-14-25-15-4-16-26-23(27)13-9-18-6-10-20(24)11-7-18/h6-13,17,25H,3-5,14-16H2,1-2H3,(H,26,27)/b13-9+. The van der Waals surface area contributed by atoms with Gasteiger partial charge >= 0.3 is 0 Å². The maximum Gasteiger partial charge on any atom is 0.243 e. The molecule has 0 fully saturated rings. The van der Waals surface area contributed by atoms with Gasteiger partial charge in [-0.15, -0.1) is 0 Å². The summed E-state index contributed by atoms with van der Waals surface area (Å²) in [6, 6.07) is 12.0. The van der Waals surface area contributed by atoms with Crippen LogP contribution in [0.3, 0.4) is 0 Å². The van der Waals surface area contributed by atoms with E-state index >= 15 is 0 Å². The molecule has 29 heavy (non-hydrogen) atoms. The van der Waals surface area contributed by atoms with E-state index in [0.29, 0.717) is 6.54 Å². The van der Waals surface area contributed by atoms with Crippen molar-refractivity contribution in [1.29, 1.82) is 0 Å². The van der Waals surface area contributed by atoms with Crippen molar-refractivity contribution in [1.82, 2.24) is 10.6 Å². The highest BCUT2D eigenvalue weighted by molar-refractivity contribution is 5.91. The molecule has 2 aromatic carbocycles. The van der Waals surface area contributed by atoms with Crippen LogP contribution in [0.15, 0.2) is 48.5 Å². The molecular formula is C23H29FN2O3. The lowest BCUT2D eigenvalue weighted by molar-refractivity contribution is -0.116. The normalized spacial score (nSPS) is 10.9. The number of benzene rings is 2. The second-order valence-electron chi connectivity index (χ2n) is 6.57. The van der Waals surface area contributed by atoms with E-state index < -0.39 is 0 Å². The van der Waals surface area contributed by atoms with E-state index in [1.165, 1.54) is 23.8 Å². The molecule has 0 bridgehead atoms. The van der Waals surface area contributed by atoms with Gasteiger partial charge in [0.2, 0.25) is 5.91 Å². The summed E-state index contributed by atoms with van der Waals surface area (Å²) in [6.45, 7) is 2.36. The summed E-state index contributed by atoms with van der Waals surface area (Å²) in [7, 11) is 3.27. The van der Waals surface area contributed by atoms with Crippen molar-refractivity contribution in [3.8, 4) is 11.5 Å². The number of carbonyl (C=O) groups is 1. The molecule has 5 nitrogen and oxygen atoms in total. The number of carbonyl (C=O) groups excluding carboxylic acids is 1. The highest BCUT2D eigenvalue weighted by atomic mass is 19.1. The molecule has 0 aliphatic heterocycles. The molecule has 156 valence electrons. The number of nitrogens with one attached hydrogen (secondary N) is 2. The molecule has 0 saturated heterocycles. The monoisotopic (exact) mass is 400 g/mol. The Morgan fingerprint density at radius 3 is 2.41 bits per heavy atom. The van der Waals surface area contributed by atoms with Crippen molar-refractivity contribution in [2.24, 2.45) is 0 Å². The molecule has 0 spiro atoms. The minimum atomic E-state index is -0.289. The number of rotatable bonds is 12. The number of ether oxygens (including phenoxy) is 2. The van der Waals surface area contributed by atoms with Gasteiger partial charge in [-0.25, -0.2) is 4.39 Å². The smallest absolute Gasteiger partial charge is 0.243 e. The van der Waals surface area contributed by atoms with E-state index in [-0.39, 0.29) is 11.7 Å². The molecule has 0 saturated carbocycles. The molecule has 1 amide bonds. The van der Waals surface area contributed by atoms with Gasteiger partial charge in [-0.05, 0) is 73.8 Å². The second-order valence-corrected chi connectivity index (χ2v) is 6.57. The third-order valence-electron chi connectivity index (χ3n) is 4.39. The SMILES string of the molecule is COc1ccc(CCCNCCCNC(=O)/C=C/c2ccc(F)cc2)cc1OC. The number of hydrogen-bond donors (Lipinski definition) is 2. The van der Waals surface area contributed by atoms with Gasteiger partial charge in [0.15, 0.2) is 11.5 Å². The van der Waals surface area contributed by atoms with Crippen molar-refractivity contribution in [3.05, 3.63) is 65.5 Å². The lowest BCUT2D eigenvalue weighted by Crippen LogP contribution is -2.26. The first kappa shape index (κ1) is 22.4. The molecule has 0 unspecified atom stereocenters. The van der Waals surface area contributed by atoms with Crippen LogP contribution in [0.25, 0.3) is 6.08 Å². The zero-order valence-electron chi connectivity index (χ0n) is 17.0. The number of halogens is 1.